The highest BCUT2D eigenvalue weighted by molar-refractivity contribution is 7.10. The van der Waals surface area contributed by atoms with Gasteiger partial charge in [-0.2, -0.15) is 4.80 Å². The van der Waals surface area contributed by atoms with Crippen molar-refractivity contribution in [1.82, 2.24) is 119 Å². The Morgan fingerprint density at radius 3 is 1.35 bits per heavy atom. The zero-order chi connectivity index (χ0) is 90.5. The Morgan fingerprint density at radius 2 is 0.891 bits per heavy atom. The molecule has 4 atom stereocenters. The number of likely N-dealkylation sites (tertiary alicyclic amines) is 12. The first kappa shape index (κ1) is 99.5. The molecule has 710 valence electrons. The van der Waals surface area contributed by atoms with Crippen molar-refractivity contribution in [2.24, 2.45) is 20.0 Å². The van der Waals surface area contributed by atoms with Gasteiger partial charge in [0.05, 0.1) is 45.1 Å². The summed E-state index contributed by atoms with van der Waals surface area (Å²) in [5.41, 5.74) is 5.92. The van der Waals surface area contributed by atoms with Gasteiger partial charge in [-0.15, -0.1) is 38.0 Å². The molecule has 12 saturated heterocycles. The number of ketones is 1. The minimum absolute atomic E-state index is 0.335. The first-order chi connectivity index (χ1) is 62.7. The SMILES string of the molecule is CN1CCC(C2=CC=CCC2=O)CC1.CN1CCC(N2CCCC2c2nnn(C)n2)CC1.CN1CCC(N2CCCC2c2nnnn2C)CC1.CN1CCC(N2CCC[C@@H]2c2cccs2)CC1.CN1CCC(N2CCC[C@@H]2c2nccs2)CC1.CN1CCC(c2ncccc2O)CC1.COc1cc(C)c(C2CCN(C)CC2)cn1.COc1ncccc1C1CCN(C)CC1. The number of aromatic nitrogens is 12. The second-order valence-corrected chi connectivity index (χ2v) is 40.9. The highest BCUT2D eigenvalue weighted by atomic mass is 32.1. The van der Waals surface area contributed by atoms with E-state index in [0.717, 1.165) is 98.8 Å². The number of piperidine rings is 8. The Morgan fingerprint density at radius 1 is 0.426 bits per heavy atom. The van der Waals surface area contributed by atoms with Crippen LogP contribution in [0.3, 0.4) is 0 Å². The summed E-state index contributed by atoms with van der Waals surface area (Å²) in [5, 5.41) is 39.9. The number of allylic oxidation sites excluding steroid dienone is 4. The standard InChI is InChI=1S/C14H22N2S.C13H21N3S.C13H20N2O.2C12H22N6.C12H18N2O.C12H17NO.C11H16N2O/c1-15-9-6-12(7-10-15)16-8-2-4-13(16)14-5-3-11-17-14;1-15-8-4-11(5-9-15)16-7-2-3-12(16)13-14-6-10-17-13;1-10-8-13(16-3)14-9-12(10)11-4-6-15(2)7-5-11;1-16-8-5-10(6-9-16)18-7-3-4-11(18)12-13-14-15-17(12)2;1-16-8-5-10(6-9-16)18-7-3-4-11(18)12-13-15-17(2)14-12;1-14-8-5-10(6-9-14)11-4-3-7-13-12(11)15-2;1-13-8-6-10(7-9-13)11-4-2-3-5-12(11)14;1-13-7-4-9(5-8-13)11-10(14)3-2-6-12-11/h3,5,11-13H,2,4,6-10H2,1H3;6,10-12H,2-5,7-9H2,1H3;8-9,11H,4-7H2,1-3H3;2*10-11H,3-9H2,1-2H3;3-4,7,10H,5-6,8-9H2,1-2H3;2-4,10H,5-9H2,1H3;2-3,6,9,14H,4-5,7-8H2,1H3/t13-;12-;;;;;;/m11....../s1. The summed E-state index contributed by atoms with van der Waals surface area (Å²) < 4.78 is 12.3. The van der Waals surface area contributed by atoms with Crippen LogP contribution in [-0.2, 0) is 18.9 Å². The number of tetrazole rings is 2. The molecule has 20 rings (SSSR count). The van der Waals surface area contributed by atoms with Crippen molar-refractivity contribution >= 4 is 28.5 Å². The van der Waals surface area contributed by atoms with E-state index in [2.05, 4.69) is 202 Å². The minimum Gasteiger partial charge on any atom is -0.506 e. The molecule has 28 nitrogen and oxygen atoms in total. The summed E-state index contributed by atoms with van der Waals surface area (Å²) in [7, 11) is 24.7. The number of thiophene rings is 1. The summed E-state index contributed by atoms with van der Waals surface area (Å²) in [6, 6.07) is 19.4. The predicted octanol–water partition coefficient (Wildman–Crippen LogP) is 13.7. The van der Waals surface area contributed by atoms with E-state index >= 15 is 0 Å². The normalized spacial score (nSPS) is 24.8. The number of aromatic hydroxyl groups is 1. The van der Waals surface area contributed by atoms with E-state index in [4.69, 9.17) is 9.47 Å². The van der Waals surface area contributed by atoms with Gasteiger partial charge in [0.1, 0.15) is 10.8 Å². The topological polar surface area (TPSA) is 233 Å². The Kier molecular flexibility index (Phi) is 39.2. The number of thiazole rings is 1. The number of aryl methyl sites for hydroxylation is 3. The molecule has 12 aliphatic heterocycles. The van der Waals surface area contributed by atoms with E-state index in [-0.39, 0.29) is 0 Å². The fraction of sp³-hybridized carbons (Fsp3) is 0.707. The minimum atomic E-state index is 0.335. The number of ether oxygens (including phenoxy) is 2. The molecule has 0 radical (unpaired) electrons. The summed E-state index contributed by atoms with van der Waals surface area (Å²) in [5.74, 6) is 6.39. The fourth-order valence-electron chi connectivity index (χ4n) is 22.0. The number of hydrogen-bond donors (Lipinski definition) is 1. The average Bonchev–Trinajstić information content (AvgIpc) is 1.66. The van der Waals surface area contributed by atoms with Crippen molar-refractivity contribution in [1.29, 1.82) is 0 Å². The largest absolute Gasteiger partial charge is 0.506 e. The predicted molar refractivity (Wildman–Crippen MR) is 519 cm³/mol. The van der Waals surface area contributed by atoms with Crippen molar-refractivity contribution in [3.63, 3.8) is 0 Å². The van der Waals surface area contributed by atoms with Crippen molar-refractivity contribution < 1.29 is 19.4 Å². The van der Waals surface area contributed by atoms with Gasteiger partial charge in [0.25, 0.3) is 0 Å². The highest BCUT2D eigenvalue weighted by Crippen LogP contribution is 2.42. The van der Waals surface area contributed by atoms with Crippen LogP contribution in [0, 0.1) is 12.8 Å². The van der Waals surface area contributed by atoms with Gasteiger partial charge in [-0.1, -0.05) is 30.4 Å². The zero-order valence-corrected chi connectivity index (χ0v) is 82.3. The van der Waals surface area contributed by atoms with E-state index in [1.165, 1.54) is 255 Å². The lowest BCUT2D eigenvalue weighted by Crippen LogP contribution is -2.43. The van der Waals surface area contributed by atoms with Gasteiger partial charge in [-0.05, 0) is 428 Å². The first-order valence-electron chi connectivity index (χ1n) is 49.2. The van der Waals surface area contributed by atoms with Crippen LogP contribution in [0.4, 0.5) is 0 Å². The van der Waals surface area contributed by atoms with Gasteiger partial charge in [-0.25, -0.2) is 19.6 Å². The lowest BCUT2D eigenvalue weighted by Gasteiger charge is -2.38. The first-order valence-corrected chi connectivity index (χ1v) is 50.9. The van der Waals surface area contributed by atoms with Gasteiger partial charge in [0.15, 0.2) is 17.4 Å². The molecule has 2 unspecified atom stereocenters. The number of hydrogen-bond acceptors (Lipinski definition) is 28. The van der Waals surface area contributed by atoms with E-state index < -0.39 is 0 Å². The lowest BCUT2D eigenvalue weighted by atomic mass is 9.84. The monoisotopic (exact) mass is 1810 g/mol. The molecule has 0 aromatic carbocycles. The fourth-order valence-corrected chi connectivity index (χ4v) is 23.7. The van der Waals surface area contributed by atoms with Gasteiger partial charge in [0.2, 0.25) is 11.8 Å². The number of pyridine rings is 3. The highest BCUT2D eigenvalue weighted by Gasteiger charge is 2.40. The van der Waals surface area contributed by atoms with E-state index in [0.29, 0.717) is 77.7 Å². The molecule has 1 aliphatic carbocycles. The number of nitrogens with zero attached hydrogens (tertiary/aromatic N) is 24. The molecule has 7 aromatic heterocycles. The molecule has 0 saturated carbocycles. The Hall–Kier alpha value is -7.01. The molecule has 7 aromatic rings. The van der Waals surface area contributed by atoms with Crippen molar-refractivity contribution in [2.75, 3.05) is 201 Å². The number of methoxy groups -OCH3 is 2. The summed E-state index contributed by atoms with van der Waals surface area (Å²) >= 11 is 3.76. The van der Waals surface area contributed by atoms with Crippen LogP contribution >= 0.6 is 22.7 Å². The second kappa shape index (κ2) is 50.9. The Balaban J connectivity index is 0.000000126. The van der Waals surface area contributed by atoms with E-state index in [9.17, 15) is 9.90 Å². The molecule has 19 heterocycles. The molecule has 0 spiro atoms. The molecule has 0 amide bonds. The third-order valence-corrected chi connectivity index (χ3v) is 31.8. The van der Waals surface area contributed by atoms with Crippen LogP contribution < -0.4 is 9.47 Å². The summed E-state index contributed by atoms with van der Waals surface area (Å²) in [4.78, 5) is 62.1. The third-order valence-electron chi connectivity index (χ3n) is 29.9. The third kappa shape index (κ3) is 28.8. The summed E-state index contributed by atoms with van der Waals surface area (Å²) in [6.45, 7) is 26.2. The molecule has 12 fully saturated rings. The van der Waals surface area contributed by atoms with Crippen LogP contribution in [0.2, 0.25) is 0 Å². The van der Waals surface area contributed by atoms with Crippen LogP contribution in [0.15, 0.2) is 102 Å². The van der Waals surface area contributed by atoms with Crippen LogP contribution in [0.1, 0.15) is 246 Å². The van der Waals surface area contributed by atoms with E-state index in [1.807, 2.05) is 84.2 Å². The maximum absolute atomic E-state index is 11.6. The molecule has 129 heavy (non-hydrogen) atoms. The van der Waals surface area contributed by atoms with Gasteiger partial charge >= 0.3 is 0 Å². The quantitative estimate of drug-likeness (QED) is 0.107. The number of Topliss-reactive ketones (excluding diaryl/α,β-unsaturated/α-hetero) is 1. The molecular formula is C99H158N24O4S2. The molecule has 0 bridgehead atoms. The maximum atomic E-state index is 11.6. The van der Waals surface area contributed by atoms with Crippen LogP contribution in [0.5, 0.6) is 17.5 Å². The van der Waals surface area contributed by atoms with Gasteiger partial charge in [0, 0.05) is 96.3 Å². The second-order valence-electron chi connectivity index (χ2n) is 39.0. The number of carbonyl (C=O) groups is 1. The van der Waals surface area contributed by atoms with E-state index in [1.54, 1.807) is 48.4 Å². The van der Waals surface area contributed by atoms with Crippen molar-refractivity contribution in [2.45, 2.75) is 234 Å². The molecule has 13 aliphatic rings. The van der Waals surface area contributed by atoms with Gasteiger partial charge < -0.3 is 53.8 Å². The number of rotatable bonds is 14. The molecular weight excluding hydrogens is 1650 g/mol. The zero-order valence-electron chi connectivity index (χ0n) is 80.7. The molecule has 30 heteroatoms. The lowest BCUT2D eigenvalue weighted by molar-refractivity contribution is -0.115. The maximum Gasteiger partial charge on any atom is 0.216 e. The van der Waals surface area contributed by atoms with Gasteiger partial charge in [-0.3, -0.25) is 29.4 Å². The summed E-state index contributed by atoms with van der Waals surface area (Å²) in [6.07, 6.45) is 44.2. The Bertz CT molecular complexity index is 4340. The molecule has 1 N–H and O–H groups in total. The van der Waals surface area contributed by atoms with Crippen molar-refractivity contribution in [3.8, 4) is 17.5 Å². The Labute approximate surface area is 780 Å². The smallest absolute Gasteiger partial charge is 0.216 e. The van der Waals surface area contributed by atoms with Crippen LogP contribution in [-0.4, -0.2) is 356 Å². The van der Waals surface area contributed by atoms with Crippen LogP contribution in [0.25, 0.3) is 0 Å². The number of carbonyl (C=O) groups excluding carboxylic acids is 1. The van der Waals surface area contributed by atoms with Crippen molar-refractivity contribution in [3.05, 3.63) is 146 Å². The average molecular weight is 1810 g/mol.